The van der Waals surface area contributed by atoms with Crippen molar-refractivity contribution in [2.24, 2.45) is 56.7 Å². The minimum absolute atomic E-state index is 0.0211. The molecule has 0 amide bonds. The van der Waals surface area contributed by atoms with Gasteiger partial charge >= 0.3 is 5.97 Å². The Bertz CT molecular complexity index is 1370. The van der Waals surface area contributed by atoms with Gasteiger partial charge in [0.25, 0.3) is 0 Å². The lowest BCUT2D eigenvalue weighted by atomic mass is 9.41. The maximum Gasteiger partial charge on any atom is 0.331 e. The van der Waals surface area contributed by atoms with Crippen LogP contribution in [0.2, 0.25) is 0 Å². The summed E-state index contributed by atoms with van der Waals surface area (Å²) < 4.78 is 17.1. The van der Waals surface area contributed by atoms with Crippen LogP contribution in [0.5, 0.6) is 11.5 Å². The molecule has 5 fully saturated rings. The van der Waals surface area contributed by atoms with Crippen LogP contribution in [-0.2, 0) is 9.53 Å². The highest BCUT2D eigenvalue weighted by Crippen LogP contribution is 2.89. The second-order valence-electron chi connectivity index (χ2n) is 17.7. The van der Waals surface area contributed by atoms with Gasteiger partial charge in [-0.3, -0.25) is 0 Å². The van der Waals surface area contributed by atoms with Gasteiger partial charge in [0.2, 0.25) is 0 Å². The molecule has 5 aliphatic rings. The normalized spacial score (nSPS) is 39.5. The number of carbonyl (C=O) groups is 1. The van der Waals surface area contributed by atoms with E-state index in [0.29, 0.717) is 45.0 Å². The predicted octanol–water partition coefficient (Wildman–Crippen LogP) is 10.7. The topological polar surface area (TPSA) is 44.8 Å². The molecule has 5 aliphatic carbocycles. The Kier molecular flexibility index (Phi) is 8.58. The molecule has 6 rings (SSSR count). The Morgan fingerprint density at radius 1 is 0.891 bits per heavy atom. The highest BCUT2D eigenvalue weighted by atomic mass is 16.5. The molecule has 5 saturated carbocycles. The van der Waals surface area contributed by atoms with Gasteiger partial charge in [-0.1, -0.05) is 66.7 Å². The molecule has 1 aromatic rings. The van der Waals surface area contributed by atoms with Crippen LogP contribution in [0.1, 0.15) is 125 Å². The van der Waals surface area contributed by atoms with Crippen LogP contribution >= 0.6 is 0 Å². The zero-order chi connectivity index (χ0) is 33.3. The number of carbonyl (C=O) groups excluding carboxylic acids is 1. The molecule has 0 N–H and O–H groups in total. The first-order valence-corrected chi connectivity index (χ1v) is 18.5. The van der Waals surface area contributed by atoms with Gasteiger partial charge in [0.05, 0.1) is 14.2 Å². The van der Waals surface area contributed by atoms with Gasteiger partial charge in [-0.05, 0) is 146 Å². The number of methoxy groups -OCH3 is 2. The van der Waals surface area contributed by atoms with Crippen molar-refractivity contribution < 1.29 is 19.0 Å². The maximum absolute atomic E-state index is 13.2. The third-order valence-corrected chi connectivity index (χ3v) is 15.6. The molecule has 254 valence electrons. The summed E-state index contributed by atoms with van der Waals surface area (Å²) in [5.41, 5.74) is 4.13. The number of esters is 1. The van der Waals surface area contributed by atoms with E-state index in [1.165, 1.54) is 69.8 Å². The Morgan fingerprint density at radius 3 is 2.28 bits per heavy atom. The molecule has 2 spiro atoms. The van der Waals surface area contributed by atoms with E-state index < -0.39 is 0 Å². The molecule has 0 saturated heterocycles. The molecule has 46 heavy (non-hydrogen) atoms. The summed E-state index contributed by atoms with van der Waals surface area (Å²) in [6, 6.07) is 5.67. The average Bonchev–Trinajstić information content (AvgIpc) is 3.61. The molecule has 4 nitrogen and oxygen atoms in total. The van der Waals surface area contributed by atoms with Crippen LogP contribution in [0.3, 0.4) is 0 Å². The quantitative estimate of drug-likeness (QED) is 0.147. The zero-order valence-electron chi connectivity index (χ0n) is 30.5. The summed E-state index contributed by atoms with van der Waals surface area (Å²) in [5.74, 6) is 4.75. The first-order chi connectivity index (χ1) is 21.7. The van der Waals surface area contributed by atoms with Crippen molar-refractivity contribution in [2.75, 3.05) is 14.2 Å². The number of rotatable bonds is 10. The van der Waals surface area contributed by atoms with Crippen LogP contribution in [-0.4, -0.2) is 26.3 Å². The Hall–Kier alpha value is -2.23. The molecular weight excluding hydrogens is 568 g/mol. The molecule has 1 aromatic carbocycles. The van der Waals surface area contributed by atoms with Gasteiger partial charge in [0, 0.05) is 11.5 Å². The first kappa shape index (κ1) is 33.7. The summed E-state index contributed by atoms with van der Waals surface area (Å²) >= 11 is 0. The lowest BCUT2D eigenvalue weighted by Gasteiger charge is -2.63. The Labute approximate surface area is 280 Å². The minimum Gasteiger partial charge on any atom is -0.493 e. The molecular formula is C42H62O4. The van der Waals surface area contributed by atoms with Crippen molar-refractivity contribution in [1.82, 2.24) is 0 Å². The monoisotopic (exact) mass is 630 g/mol. The van der Waals surface area contributed by atoms with Gasteiger partial charge in [-0.2, -0.15) is 0 Å². The van der Waals surface area contributed by atoms with Gasteiger partial charge in [-0.15, -0.1) is 0 Å². The van der Waals surface area contributed by atoms with Crippen LogP contribution in [0.4, 0.5) is 0 Å². The molecule has 9 unspecified atom stereocenters. The molecule has 0 radical (unpaired) electrons. The maximum atomic E-state index is 13.2. The van der Waals surface area contributed by atoms with Crippen LogP contribution in [0, 0.1) is 56.7 Å². The molecule has 0 heterocycles. The first-order valence-electron chi connectivity index (χ1n) is 18.5. The van der Waals surface area contributed by atoms with E-state index in [2.05, 4.69) is 55.0 Å². The Morgan fingerprint density at radius 2 is 1.59 bits per heavy atom. The van der Waals surface area contributed by atoms with E-state index >= 15 is 0 Å². The molecule has 0 bridgehead atoms. The molecule has 9 atom stereocenters. The minimum atomic E-state index is -0.243. The largest absolute Gasteiger partial charge is 0.493 e. The standard InChI is InChI=1S/C42H62O4/c1-27(2)28(3)11-12-29(4)31-19-21-40(8)35-17-16-34-38(5,6)36(20-22-41(34)26-42(35,41)24-23-39(31,40)7)46-37(43)18-14-30-13-15-32(44-9)33(25-30)45-10/h13-15,18,25,27,29,31,34-36H,3,11-12,16-17,19-24,26H2,1-2,4-10H3/b18-14+. The van der Waals surface area contributed by atoms with E-state index in [1.807, 2.05) is 24.3 Å². The fourth-order valence-electron chi connectivity index (χ4n) is 12.7. The second-order valence-corrected chi connectivity index (χ2v) is 17.7. The van der Waals surface area contributed by atoms with Crippen molar-refractivity contribution in [2.45, 2.75) is 125 Å². The average molecular weight is 631 g/mol. The van der Waals surface area contributed by atoms with Crippen LogP contribution in [0.25, 0.3) is 6.08 Å². The number of fused-ring (bicyclic) bond motifs is 2. The smallest absolute Gasteiger partial charge is 0.331 e. The summed E-state index contributed by atoms with van der Waals surface area (Å²) in [4.78, 5) is 13.2. The SMILES string of the molecule is C=C(CCC(C)C1CCC2(C)C3CCC4C(C)(C)C(OC(=O)/C=C/c5ccc(OC)c(OC)c5)CCC45CC35CCC12C)C(C)C. The van der Waals surface area contributed by atoms with E-state index in [0.717, 1.165) is 29.7 Å². The van der Waals surface area contributed by atoms with Crippen molar-refractivity contribution in [3.8, 4) is 11.5 Å². The fraction of sp³-hybridized carbons (Fsp3) is 0.738. The second kappa shape index (κ2) is 11.7. The molecule has 0 aliphatic heterocycles. The van der Waals surface area contributed by atoms with Gasteiger partial charge in [0.1, 0.15) is 6.10 Å². The van der Waals surface area contributed by atoms with E-state index in [9.17, 15) is 4.79 Å². The summed E-state index contributed by atoms with van der Waals surface area (Å²) in [6.07, 6.45) is 17.7. The Balaban J connectivity index is 1.14. The molecule has 4 heteroatoms. The number of ether oxygens (including phenoxy) is 3. The number of benzene rings is 1. The number of hydrogen-bond donors (Lipinski definition) is 0. The van der Waals surface area contributed by atoms with E-state index in [-0.39, 0.29) is 17.5 Å². The third kappa shape index (κ3) is 4.92. The molecule has 0 aromatic heterocycles. The van der Waals surface area contributed by atoms with Crippen molar-refractivity contribution in [3.63, 3.8) is 0 Å². The van der Waals surface area contributed by atoms with Crippen molar-refractivity contribution in [3.05, 3.63) is 42.0 Å². The zero-order valence-corrected chi connectivity index (χ0v) is 30.5. The fourth-order valence-corrected chi connectivity index (χ4v) is 12.7. The van der Waals surface area contributed by atoms with Crippen LogP contribution in [0.15, 0.2) is 36.4 Å². The van der Waals surface area contributed by atoms with Gasteiger partial charge < -0.3 is 14.2 Å². The lowest BCUT2D eigenvalue weighted by Crippen LogP contribution is -2.58. The highest BCUT2D eigenvalue weighted by molar-refractivity contribution is 5.87. The number of hydrogen-bond acceptors (Lipinski definition) is 4. The lowest BCUT2D eigenvalue weighted by molar-refractivity contribution is -0.179. The third-order valence-electron chi connectivity index (χ3n) is 15.6. The van der Waals surface area contributed by atoms with E-state index in [1.54, 1.807) is 20.3 Å². The van der Waals surface area contributed by atoms with Crippen molar-refractivity contribution in [1.29, 1.82) is 0 Å². The predicted molar refractivity (Wildman–Crippen MR) is 188 cm³/mol. The van der Waals surface area contributed by atoms with E-state index in [4.69, 9.17) is 14.2 Å². The van der Waals surface area contributed by atoms with Crippen molar-refractivity contribution >= 4 is 12.0 Å². The summed E-state index contributed by atoms with van der Waals surface area (Å²) in [7, 11) is 3.25. The van der Waals surface area contributed by atoms with Gasteiger partial charge in [0.15, 0.2) is 11.5 Å². The van der Waals surface area contributed by atoms with Crippen LogP contribution < -0.4 is 9.47 Å². The van der Waals surface area contributed by atoms with Gasteiger partial charge in [-0.25, -0.2) is 4.79 Å². The summed E-state index contributed by atoms with van der Waals surface area (Å²) in [5, 5.41) is 0. The highest BCUT2D eigenvalue weighted by Gasteiger charge is 2.82. The summed E-state index contributed by atoms with van der Waals surface area (Å²) in [6.45, 7) is 21.8. The number of allylic oxidation sites excluding steroid dienone is 1.